The maximum absolute atomic E-state index is 12.5. The minimum atomic E-state index is -0.595. The Kier molecular flexibility index (Phi) is 5.60. The minimum Gasteiger partial charge on any atom is -0.491 e. The molecule has 0 unspecified atom stereocenters. The quantitative estimate of drug-likeness (QED) is 0.851. The lowest BCUT2D eigenvalue weighted by Crippen LogP contribution is -2.44. The van der Waals surface area contributed by atoms with Gasteiger partial charge in [-0.15, -0.1) is 0 Å². The Labute approximate surface area is 136 Å². The largest absolute Gasteiger partial charge is 0.491 e. The minimum absolute atomic E-state index is 0.0706. The Hall–Kier alpha value is -2.08. The topological polar surface area (TPSA) is 81.9 Å². The third-order valence-corrected chi connectivity index (χ3v) is 3.87. The first-order chi connectivity index (χ1) is 10.9. The average Bonchev–Trinajstić information content (AvgIpc) is 2.91. The molecule has 0 spiro atoms. The number of hydrogen-bond donors (Lipinski definition) is 1. The van der Waals surface area contributed by atoms with Crippen molar-refractivity contribution in [3.63, 3.8) is 0 Å². The van der Waals surface area contributed by atoms with E-state index in [9.17, 15) is 9.59 Å². The van der Waals surface area contributed by atoms with E-state index in [2.05, 4.69) is 0 Å². The van der Waals surface area contributed by atoms with Crippen LogP contribution in [0.4, 0.5) is 0 Å². The van der Waals surface area contributed by atoms with Crippen LogP contribution in [0.1, 0.15) is 25.8 Å². The zero-order valence-corrected chi connectivity index (χ0v) is 13.8. The van der Waals surface area contributed by atoms with Gasteiger partial charge in [0.05, 0.1) is 18.6 Å². The molecule has 6 heteroatoms. The average molecular weight is 320 g/mol. The molecule has 0 saturated carbocycles. The standard InChI is InChI=1S/C17H24N2O4/c1-11(2)23-13-6-4-5-12(7-13)8-16(20)19-10-14(22-3)9-15(19)17(18)21/h4-7,11,14-15H,8-10H2,1-3H3,(H2,18,21)/t14-,15-/m0/s1. The molecule has 1 saturated heterocycles. The number of likely N-dealkylation sites (tertiary alicyclic amines) is 1. The summed E-state index contributed by atoms with van der Waals surface area (Å²) in [5.41, 5.74) is 6.25. The predicted molar refractivity (Wildman–Crippen MR) is 86.0 cm³/mol. The second-order valence-corrected chi connectivity index (χ2v) is 6.05. The Bertz CT molecular complexity index is 573. The highest BCUT2D eigenvalue weighted by molar-refractivity contribution is 5.88. The molecule has 0 aromatic heterocycles. The molecular formula is C17H24N2O4. The molecular weight excluding hydrogens is 296 g/mol. The number of nitrogens with two attached hydrogens (primary N) is 1. The van der Waals surface area contributed by atoms with Crippen LogP contribution in [0.15, 0.2) is 24.3 Å². The fourth-order valence-corrected chi connectivity index (χ4v) is 2.79. The smallest absolute Gasteiger partial charge is 0.240 e. The van der Waals surface area contributed by atoms with Gasteiger partial charge in [0.1, 0.15) is 11.8 Å². The van der Waals surface area contributed by atoms with Gasteiger partial charge in [0.15, 0.2) is 0 Å². The van der Waals surface area contributed by atoms with E-state index in [0.717, 1.165) is 11.3 Å². The van der Waals surface area contributed by atoms with Gasteiger partial charge in [-0.2, -0.15) is 0 Å². The van der Waals surface area contributed by atoms with Crippen molar-refractivity contribution in [1.29, 1.82) is 0 Å². The van der Waals surface area contributed by atoms with Crippen LogP contribution in [0.3, 0.4) is 0 Å². The van der Waals surface area contributed by atoms with Crippen LogP contribution < -0.4 is 10.5 Å². The summed E-state index contributed by atoms with van der Waals surface area (Å²) in [6, 6.07) is 6.84. The van der Waals surface area contributed by atoms with Gasteiger partial charge >= 0.3 is 0 Å². The van der Waals surface area contributed by atoms with Crippen molar-refractivity contribution in [2.45, 2.75) is 44.9 Å². The van der Waals surface area contributed by atoms with Gasteiger partial charge in [0.2, 0.25) is 11.8 Å². The van der Waals surface area contributed by atoms with Gasteiger partial charge in [-0.25, -0.2) is 0 Å². The fraction of sp³-hybridized carbons (Fsp3) is 0.529. The molecule has 2 N–H and O–H groups in total. The number of hydrogen-bond acceptors (Lipinski definition) is 4. The van der Waals surface area contributed by atoms with Gasteiger partial charge in [0.25, 0.3) is 0 Å². The van der Waals surface area contributed by atoms with Crippen molar-refractivity contribution >= 4 is 11.8 Å². The summed E-state index contributed by atoms with van der Waals surface area (Å²) in [5.74, 6) is 0.109. The molecule has 1 fully saturated rings. The van der Waals surface area contributed by atoms with Gasteiger partial charge < -0.3 is 20.1 Å². The predicted octanol–water partition coefficient (Wildman–Crippen LogP) is 1.12. The zero-order valence-electron chi connectivity index (χ0n) is 13.8. The zero-order chi connectivity index (χ0) is 17.0. The van der Waals surface area contributed by atoms with Crippen LogP contribution in [0, 0.1) is 0 Å². The van der Waals surface area contributed by atoms with Gasteiger partial charge in [-0.05, 0) is 31.5 Å². The Morgan fingerprint density at radius 1 is 1.39 bits per heavy atom. The lowest BCUT2D eigenvalue weighted by atomic mass is 10.1. The summed E-state index contributed by atoms with van der Waals surface area (Å²) in [4.78, 5) is 25.6. The number of ether oxygens (including phenoxy) is 2. The Balaban J connectivity index is 2.07. The second kappa shape index (κ2) is 7.46. The van der Waals surface area contributed by atoms with Gasteiger partial charge in [-0.3, -0.25) is 9.59 Å². The third-order valence-electron chi connectivity index (χ3n) is 3.87. The molecule has 2 rings (SSSR count). The monoisotopic (exact) mass is 320 g/mol. The van der Waals surface area contributed by atoms with E-state index in [0.29, 0.717) is 13.0 Å². The summed E-state index contributed by atoms with van der Waals surface area (Å²) >= 11 is 0. The first-order valence-electron chi connectivity index (χ1n) is 7.78. The second-order valence-electron chi connectivity index (χ2n) is 6.05. The van der Waals surface area contributed by atoms with Crippen LogP contribution >= 0.6 is 0 Å². The molecule has 23 heavy (non-hydrogen) atoms. The lowest BCUT2D eigenvalue weighted by molar-refractivity contribution is -0.136. The highest BCUT2D eigenvalue weighted by atomic mass is 16.5. The van der Waals surface area contributed by atoms with Crippen LogP contribution in [0.25, 0.3) is 0 Å². The normalized spacial score (nSPS) is 20.8. The highest BCUT2D eigenvalue weighted by Crippen LogP contribution is 2.22. The SMILES string of the molecule is CO[C@H]1C[C@@H](C(N)=O)N(C(=O)Cc2cccc(OC(C)C)c2)C1. The van der Waals surface area contributed by atoms with Crippen molar-refractivity contribution in [2.75, 3.05) is 13.7 Å². The molecule has 1 heterocycles. The summed E-state index contributed by atoms with van der Waals surface area (Å²) in [6.45, 7) is 4.29. The van der Waals surface area contributed by atoms with Crippen LogP contribution in [-0.2, 0) is 20.7 Å². The van der Waals surface area contributed by atoms with Crippen molar-refractivity contribution < 1.29 is 19.1 Å². The summed E-state index contributed by atoms with van der Waals surface area (Å²) in [5, 5.41) is 0. The Morgan fingerprint density at radius 3 is 2.74 bits per heavy atom. The van der Waals surface area contributed by atoms with Gasteiger partial charge in [0, 0.05) is 20.1 Å². The van der Waals surface area contributed by atoms with E-state index in [1.54, 1.807) is 7.11 Å². The van der Waals surface area contributed by atoms with E-state index in [1.165, 1.54) is 4.90 Å². The summed E-state index contributed by atoms with van der Waals surface area (Å²) < 4.78 is 10.9. The van der Waals surface area contributed by atoms with Crippen LogP contribution in [-0.4, -0.2) is 48.6 Å². The van der Waals surface area contributed by atoms with E-state index in [-0.39, 0.29) is 24.5 Å². The van der Waals surface area contributed by atoms with Crippen molar-refractivity contribution in [1.82, 2.24) is 4.90 Å². The molecule has 1 aromatic rings. The first-order valence-corrected chi connectivity index (χ1v) is 7.78. The van der Waals surface area contributed by atoms with E-state index < -0.39 is 11.9 Å². The molecule has 1 aliphatic heterocycles. The lowest BCUT2D eigenvalue weighted by Gasteiger charge is -2.22. The van der Waals surface area contributed by atoms with E-state index >= 15 is 0 Å². The highest BCUT2D eigenvalue weighted by Gasteiger charge is 2.38. The molecule has 2 atom stereocenters. The van der Waals surface area contributed by atoms with Crippen molar-refractivity contribution in [3.05, 3.63) is 29.8 Å². The summed E-state index contributed by atoms with van der Waals surface area (Å²) in [6.07, 6.45) is 0.581. The number of benzene rings is 1. The van der Waals surface area contributed by atoms with Crippen LogP contribution in [0.5, 0.6) is 5.75 Å². The number of amides is 2. The number of methoxy groups -OCH3 is 1. The fourth-order valence-electron chi connectivity index (χ4n) is 2.79. The van der Waals surface area contributed by atoms with Gasteiger partial charge in [-0.1, -0.05) is 12.1 Å². The maximum atomic E-state index is 12.5. The number of nitrogens with zero attached hydrogens (tertiary/aromatic N) is 1. The Morgan fingerprint density at radius 2 is 2.13 bits per heavy atom. The number of carbonyl (C=O) groups excluding carboxylic acids is 2. The molecule has 0 radical (unpaired) electrons. The molecule has 6 nitrogen and oxygen atoms in total. The van der Waals surface area contributed by atoms with Crippen LogP contribution in [0.2, 0.25) is 0 Å². The first kappa shape index (κ1) is 17.3. The maximum Gasteiger partial charge on any atom is 0.240 e. The van der Waals surface area contributed by atoms with E-state index in [4.69, 9.17) is 15.2 Å². The molecule has 1 aliphatic rings. The molecule has 0 bridgehead atoms. The number of carbonyl (C=O) groups is 2. The van der Waals surface area contributed by atoms with E-state index in [1.807, 2.05) is 38.1 Å². The molecule has 2 amide bonds. The molecule has 1 aromatic carbocycles. The number of primary amides is 1. The summed E-state index contributed by atoms with van der Waals surface area (Å²) in [7, 11) is 1.57. The number of rotatable bonds is 6. The third kappa shape index (κ3) is 4.45. The molecule has 0 aliphatic carbocycles. The van der Waals surface area contributed by atoms with Crippen molar-refractivity contribution in [2.24, 2.45) is 5.73 Å². The molecule has 126 valence electrons. The van der Waals surface area contributed by atoms with Crippen molar-refractivity contribution in [3.8, 4) is 5.75 Å².